The van der Waals surface area contributed by atoms with Gasteiger partial charge in [-0.1, -0.05) is 17.4 Å². The summed E-state index contributed by atoms with van der Waals surface area (Å²) in [6.07, 6.45) is -8.08. The van der Waals surface area contributed by atoms with Crippen molar-refractivity contribution in [3.63, 3.8) is 0 Å². The van der Waals surface area contributed by atoms with Crippen LogP contribution in [-0.2, 0) is 4.79 Å². The van der Waals surface area contributed by atoms with Crippen LogP contribution in [0.3, 0.4) is 0 Å². The second-order valence-electron chi connectivity index (χ2n) is 7.27. The van der Waals surface area contributed by atoms with Gasteiger partial charge >= 0.3 is 12.2 Å². The van der Waals surface area contributed by atoms with Gasteiger partial charge in [-0.2, -0.15) is 13.2 Å². The third-order valence-corrected chi connectivity index (χ3v) is 5.65. The number of rotatable bonds is 8. The normalized spacial score (nSPS) is 12.6. The van der Waals surface area contributed by atoms with Gasteiger partial charge in [0, 0.05) is 18.8 Å². The van der Waals surface area contributed by atoms with Gasteiger partial charge in [-0.05, 0) is 42.0 Å². The molecule has 188 valence electrons. The predicted molar refractivity (Wildman–Crippen MR) is 119 cm³/mol. The summed E-state index contributed by atoms with van der Waals surface area (Å²) in [4.78, 5) is 29.3. The highest BCUT2D eigenvalue weighted by Crippen LogP contribution is 2.39. The molecular formula is C21H19F6N5O2S. The lowest BCUT2D eigenvalue weighted by atomic mass is 9.96. The Kier molecular flexibility index (Phi) is 8.17. The Morgan fingerprint density at radius 1 is 1.09 bits per heavy atom. The molecule has 0 aliphatic rings. The van der Waals surface area contributed by atoms with Crippen molar-refractivity contribution in [2.45, 2.75) is 18.5 Å². The van der Waals surface area contributed by atoms with Crippen molar-refractivity contribution in [3.05, 3.63) is 53.8 Å². The van der Waals surface area contributed by atoms with Gasteiger partial charge < -0.3 is 16.0 Å². The van der Waals surface area contributed by atoms with Gasteiger partial charge in [-0.3, -0.25) is 10.1 Å². The lowest BCUT2D eigenvalue weighted by Gasteiger charge is -2.28. The van der Waals surface area contributed by atoms with Gasteiger partial charge in [0.15, 0.2) is 11.0 Å². The smallest absolute Gasteiger partial charge is 0.335 e. The zero-order valence-corrected chi connectivity index (χ0v) is 18.6. The van der Waals surface area contributed by atoms with Gasteiger partial charge in [-0.15, -0.1) is 0 Å². The SMILES string of the molecule is NCCN(CC(F)F)C(=O)[C@@H](c1ccc2nc(NC(=O)Nc3ccc(F)cc3)sc2c1)C(F)(F)F. The summed E-state index contributed by atoms with van der Waals surface area (Å²) >= 11 is 0.847. The molecule has 0 bridgehead atoms. The minimum absolute atomic E-state index is 0.0501. The van der Waals surface area contributed by atoms with Crippen molar-refractivity contribution in [2.24, 2.45) is 5.73 Å². The highest BCUT2D eigenvalue weighted by molar-refractivity contribution is 7.22. The van der Waals surface area contributed by atoms with Crippen molar-refractivity contribution in [1.82, 2.24) is 9.88 Å². The van der Waals surface area contributed by atoms with Crippen LogP contribution in [-0.4, -0.2) is 54.1 Å². The molecule has 14 heteroatoms. The Morgan fingerprint density at radius 3 is 2.37 bits per heavy atom. The third kappa shape index (κ3) is 6.82. The minimum Gasteiger partial charge on any atom is -0.335 e. The fraction of sp³-hybridized carbons (Fsp3) is 0.286. The molecule has 0 radical (unpaired) electrons. The summed E-state index contributed by atoms with van der Waals surface area (Å²) in [5, 5.41) is 4.92. The third-order valence-electron chi connectivity index (χ3n) is 4.71. The van der Waals surface area contributed by atoms with Crippen molar-refractivity contribution in [3.8, 4) is 0 Å². The summed E-state index contributed by atoms with van der Waals surface area (Å²) in [6.45, 7) is -1.93. The Hall–Kier alpha value is -3.39. The van der Waals surface area contributed by atoms with E-state index in [0.717, 1.165) is 35.6 Å². The van der Waals surface area contributed by atoms with E-state index in [9.17, 15) is 35.9 Å². The van der Waals surface area contributed by atoms with E-state index >= 15 is 0 Å². The van der Waals surface area contributed by atoms with Crippen LogP contribution in [0.5, 0.6) is 0 Å². The van der Waals surface area contributed by atoms with E-state index in [1.165, 1.54) is 18.2 Å². The van der Waals surface area contributed by atoms with E-state index < -0.39 is 54.9 Å². The molecule has 4 N–H and O–H groups in total. The van der Waals surface area contributed by atoms with Crippen molar-refractivity contribution >= 4 is 44.3 Å². The highest BCUT2D eigenvalue weighted by Gasteiger charge is 2.48. The zero-order chi connectivity index (χ0) is 25.8. The molecule has 0 fully saturated rings. The molecule has 0 unspecified atom stereocenters. The molecule has 1 aromatic heterocycles. The number of benzene rings is 2. The van der Waals surface area contributed by atoms with Gasteiger partial charge in [0.05, 0.1) is 16.8 Å². The van der Waals surface area contributed by atoms with E-state index in [1.807, 2.05) is 0 Å². The Labute approximate surface area is 198 Å². The Balaban J connectivity index is 1.84. The number of carbonyl (C=O) groups is 2. The van der Waals surface area contributed by atoms with Crippen LogP contribution in [0.15, 0.2) is 42.5 Å². The lowest BCUT2D eigenvalue weighted by Crippen LogP contribution is -2.45. The average Bonchev–Trinajstić information content (AvgIpc) is 3.15. The number of aromatic nitrogens is 1. The fourth-order valence-corrected chi connectivity index (χ4v) is 4.14. The molecule has 0 spiro atoms. The zero-order valence-electron chi connectivity index (χ0n) is 17.8. The Bertz CT molecular complexity index is 1190. The number of anilines is 2. The molecule has 1 heterocycles. The molecule has 2 aromatic carbocycles. The maximum absolute atomic E-state index is 13.8. The number of hydrogen-bond donors (Lipinski definition) is 3. The number of nitrogens with zero attached hydrogens (tertiary/aromatic N) is 2. The molecule has 0 saturated heterocycles. The summed E-state index contributed by atoms with van der Waals surface area (Å²) in [5.74, 6) is -4.71. The molecule has 0 aliphatic carbocycles. The Morgan fingerprint density at radius 2 is 1.77 bits per heavy atom. The summed E-state index contributed by atoms with van der Waals surface area (Å²) in [6, 6.07) is 7.57. The number of carbonyl (C=O) groups excluding carboxylic acids is 2. The van der Waals surface area contributed by atoms with Crippen LogP contribution in [0.1, 0.15) is 11.5 Å². The number of alkyl halides is 5. The van der Waals surface area contributed by atoms with Gasteiger partial charge in [0.25, 0.3) is 6.43 Å². The first kappa shape index (κ1) is 26.2. The molecule has 7 nitrogen and oxygen atoms in total. The van der Waals surface area contributed by atoms with Crippen LogP contribution in [0.4, 0.5) is 42.0 Å². The first-order valence-electron chi connectivity index (χ1n) is 10.1. The summed E-state index contributed by atoms with van der Waals surface area (Å²) in [5.41, 5.74) is 5.36. The van der Waals surface area contributed by atoms with Crippen molar-refractivity contribution in [1.29, 1.82) is 0 Å². The van der Waals surface area contributed by atoms with Crippen LogP contribution in [0.2, 0.25) is 0 Å². The first-order valence-corrected chi connectivity index (χ1v) is 10.9. The first-order chi connectivity index (χ1) is 16.5. The number of urea groups is 1. The molecule has 0 saturated carbocycles. The van der Waals surface area contributed by atoms with Gasteiger partial charge in [0.2, 0.25) is 5.91 Å². The second kappa shape index (κ2) is 10.9. The number of nitrogens with two attached hydrogens (primary N) is 1. The van der Waals surface area contributed by atoms with E-state index in [0.29, 0.717) is 10.6 Å². The molecule has 3 amide bonds. The number of amides is 3. The average molecular weight is 519 g/mol. The van der Waals surface area contributed by atoms with Gasteiger partial charge in [0.1, 0.15) is 5.82 Å². The summed E-state index contributed by atoms with van der Waals surface area (Å²) < 4.78 is 80.3. The topological polar surface area (TPSA) is 100 Å². The number of fused-ring (bicyclic) bond motifs is 1. The monoisotopic (exact) mass is 519 g/mol. The minimum atomic E-state index is -5.06. The molecule has 1 atom stereocenters. The molecule has 3 rings (SSSR count). The number of thiazole rings is 1. The van der Waals surface area contributed by atoms with Crippen LogP contribution in [0.25, 0.3) is 10.2 Å². The second-order valence-corrected chi connectivity index (χ2v) is 8.30. The van der Waals surface area contributed by atoms with E-state index in [1.54, 1.807) is 0 Å². The number of nitrogens with one attached hydrogen (secondary N) is 2. The van der Waals surface area contributed by atoms with Crippen molar-refractivity contribution < 1.29 is 35.9 Å². The number of halogens is 6. The molecule has 3 aromatic rings. The fourth-order valence-electron chi connectivity index (χ4n) is 3.23. The van der Waals surface area contributed by atoms with Crippen LogP contribution >= 0.6 is 11.3 Å². The molecule has 0 aliphatic heterocycles. The lowest BCUT2D eigenvalue weighted by molar-refractivity contribution is -0.173. The molecule has 35 heavy (non-hydrogen) atoms. The quantitative estimate of drug-likeness (QED) is 0.373. The van der Waals surface area contributed by atoms with E-state index in [4.69, 9.17) is 5.73 Å². The maximum atomic E-state index is 13.8. The van der Waals surface area contributed by atoms with Crippen LogP contribution < -0.4 is 16.4 Å². The van der Waals surface area contributed by atoms with E-state index in [-0.39, 0.29) is 21.9 Å². The predicted octanol–water partition coefficient (Wildman–Crippen LogP) is 4.78. The van der Waals surface area contributed by atoms with Crippen molar-refractivity contribution in [2.75, 3.05) is 30.3 Å². The molecular weight excluding hydrogens is 500 g/mol. The number of hydrogen-bond acceptors (Lipinski definition) is 5. The van der Waals surface area contributed by atoms with Gasteiger partial charge in [-0.25, -0.2) is 22.9 Å². The van der Waals surface area contributed by atoms with E-state index in [2.05, 4.69) is 15.6 Å². The standard InChI is InChI=1S/C21H19F6N5O2S/c22-12-2-4-13(5-3-12)29-19(34)31-20-30-14-6-1-11(9-15(14)35-20)17(21(25,26)27)18(33)32(8-7-28)10-16(23)24/h1-6,9,16-17H,7-8,10,28H2,(H2,29,30,31,34)/t17-/m1/s1. The summed E-state index contributed by atoms with van der Waals surface area (Å²) in [7, 11) is 0. The van der Waals surface area contributed by atoms with Crippen LogP contribution in [0, 0.1) is 5.82 Å². The highest BCUT2D eigenvalue weighted by atomic mass is 32.1. The maximum Gasteiger partial charge on any atom is 0.404 e. The largest absolute Gasteiger partial charge is 0.404 e.